The van der Waals surface area contributed by atoms with E-state index in [0.717, 1.165) is 11.1 Å². The van der Waals surface area contributed by atoms with Gasteiger partial charge in [-0.15, -0.1) is 0 Å². The highest BCUT2D eigenvalue weighted by Gasteiger charge is 2.45. The van der Waals surface area contributed by atoms with Gasteiger partial charge in [0.05, 0.1) is 18.7 Å². The van der Waals surface area contributed by atoms with E-state index in [0.29, 0.717) is 36.4 Å². The molecule has 186 valence electrons. The van der Waals surface area contributed by atoms with Crippen LogP contribution in [0.25, 0.3) is 5.76 Å². The molecule has 1 aliphatic heterocycles. The van der Waals surface area contributed by atoms with Gasteiger partial charge in [-0.05, 0) is 60.4 Å². The van der Waals surface area contributed by atoms with E-state index in [2.05, 4.69) is 0 Å². The summed E-state index contributed by atoms with van der Waals surface area (Å²) in [5.41, 5.74) is 2.69. The Balaban J connectivity index is 1.72. The summed E-state index contributed by atoms with van der Waals surface area (Å²) in [5, 5.41) is 21.6. The summed E-state index contributed by atoms with van der Waals surface area (Å²) in [6.45, 7) is 4.48. The van der Waals surface area contributed by atoms with Crippen LogP contribution in [-0.2, 0) is 16.2 Å². The van der Waals surface area contributed by atoms with Gasteiger partial charge in [-0.3, -0.25) is 9.59 Å². The second-order valence-electron chi connectivity index (χ2n) is 8.68. The third-order valence-electron chi connectivity index (χ3n) is 6.21. The van der Waals surface area contributed by atoms with Gasteiger partial charge in [0.1, 0.15) is 18.1 Å². The number of aliphatic hydroxyl groups excluding tert-OH is 1. The Morgan fingerprint density at radius 1 is 1.00 bits per heavy atom. The lowest BCUT2D eigenvalue weighted by Crippen LogP contribution is -2.30. The number of carbonyl (C=O) groups excluding carboxylic acids is 2. The molecule has 0 aromatic heterocycles. The first kappa shape index (κ1) is 24.9. The number of aryl methyl sites for hydroxylation is 1. The number of rotatable bonds is 8. The Morgan fingerprint density at radius 3 is 2.36 bits per heavy atom. The summed E-state index contributed by atoms with van der Waals surface area (Å²) in [6.07, 6.45) is 0.623. The fourth-order valence-corrected chi connectivity index (χ4v) is 4.42. The van der Waals surface area contributed by atoms with Crippen molar-refractivity contribution in [2.24, 2.45) is 0 Å². The van der Waals surface area contributed by atoms with E-state index in [1.165, 1.54) is 18.1 Å². The summed E-state index contributed by atoms with van der Waals surface area (Å²) in [5.74, 6) is -0.911. The lowest BCUT2D eigenvalue weighted by atomic mass is 9.94. The fourth-order valence-electron chi connectivity index (χ4n) is 4.42. The number of ether oxygens (including phenoxy) is 2. The first-order chi connectivity index (χ1) is 17.3. The standard InChI is InChI=1S/C29H29NO6/c1-4-14-30-26(20-10-13-24(35-3)22(31)16-20)25(28(33)29(30)34)27(32)21-11-12-23(18(2)15-21)36-17-19-8-6-5-7-9-19/h5-13,15-16,26,31-32H,4,14,17H2,1-3H3/b27-25-. The Hall–Kier alpha value is -4.26. The molecule has 3 aromatic carbocycles. The van der Waals surface area contributed by atoms with Crippen molar-refractivity contribution >= 4 is 17.4 Å². The molecule has 0 spiro atoms. The molecule has 0 bridgehead atoms. The van der Waals surface area contributed by atoms with Gasteiger partial charge in [0.25, 0.3) is 11.7 Å². The third-order valence-corrected chi connectivity index (χ3v) is 6.21. The average molecular weight is 488 g/mol. The van der Waals surface area contributed by atoms with Gasteiger partial charge in [0.2, 0.25) is 0 Å². The molecule has 0 radical (unpaired) electrons. The number of aromatic hydroxyl groups is 1. The molecule has 1 unspecified atom stereocenters. The van der Waals surface area contributed by atoms with Crippen LogP contribution in [0.1, 0.15) is 41.6 Å². The Morgan fingerprint density at radius 2 is 1.72 bits per heavy atom. The molecule has 3 aromatic rings. The number of carbonyl (C=O) groups is 2. The summed E-state index contributed by atoms with van der Waals surface area (Å²) in [4.78, 5) is 27.4. The van der Waals surface area contributed by atoms with E-state index < -0.39 is 17.7 Å². The molecular formula is C29H29NO6. The molecule has 1 aliphatic rings. The quantitative estimate of drug-likeness (QED) is 0.260. The number of methoxy groups -OCH3 is 1. The zero-order valence-corrected chi connectivity index (χ0v) is 20.5. The zero-order chi connectivity index (χ0) is 25.8. The van der Waals surface area contributed by atoms with E-state index in [4.69, 9.17) is 9.47 Å². The van der Waals surface area contributed by atoms with E-state index in [9.17, 15) is 19.8 Å². The summed E-state index contributed by atoms with van der Waals surface area (Å²) >= 11 is 0. The molecule has 2 N–H and O–H groups in total. The van der Waals surface area contributed by atoms with Crippen LogP contribution in [0.15, 0.2) is 72.3 Å². The maximum absolute atomic E-state index is 13.1. The van der Waals surface area contributed by atoms with Crippen molar-refractivity contribution in [3.05, 3.63) is 94.6 Å². The number of hydrogen-bond donors (Lipinski definition) is 2. The van der Waals surface area contributed by atoms with Gasteiger partial charge < -0.3 is 24.6 Å². The van der Waals surface area contributed by atoms with Gasteiger partial charge in [-0.1, -0.05) is 43.3 Å². The zero-order valence-electron chi connectivity index (χ0n) is 20.5. The Labute approximate surface area is 210 Å². The summed E-state index contributed by atoms with van der Waals surface area (Å²) in [6, 6.07) is 18.8. The molecule has 36 heavy (non-hydrogen) atoms. The van der Waals surface area contributed by atoms with Crippen LogP contribution in [-0.4, -0.2) is 40.5 Å². The van der Waals surface area contributed by atoms with Crippen LogP contribution in [0.2, 0.25) is 0 Å². The number of benzene rings is 3. The molecule has 1 fully saturated rings. The summed E-state index contributed by atoms with van der Waals surface area (Å²) < 4.78 is 11.1. The minimum atomic E-state index is -0.837. The number of nitrogens with zero attached hydrogens (tertiary/aromatic N) is 1. The maximum Gasteiger partial charge on any atom is 0.295 e. The lowest BCUT2D eigenvalue weighted by molar-refractivity contribution is -0.139. The van der Waals surface area contributed by atoms with Gasteiger partial charge in [-0.25, -0.2) is 0 Å². The number of amides is 1. The molecule has 7 nitrogen and oxygen atoms in total. The molecule has 7 heteroatoms. The van der Waals surface area contributed by atoms with Gasteiger partial charge in [0.15, 0.2) is 11.5 Å². The topological polar surface area (TPSA) is 96.3 Å². The lowest BCUT2D eigenvalue weighted by Gasteiger charge is -2.25. The first-order valence-electron chi connectivity index (χ1n) is 11.8. The molecule has 1 heterocycles. The highest BCUT2D eigenvalue weighted by atomic mass is 16.5. The van der Waals surface area contributed by atoms with Gasteiger partial charge in [-0.2, -0.15) is 0 Å². The second-order valence-corrected chi connectivity index (χ2v) is 8.68. The second kappa shape index (κ2) is 10.6. The fraction of sp³-hybridized carbons (Fsp3) is 0.241. The van der Waals surface area contributed by atoms with Crippen LogP contribution < -0.4 is 9.47 Å². The van der Waals surface area contributed by atoms with Crippen LogP contribution in [0, 0.1) is 6.92 Å². The molecule has 1 saturated heterocycles. The van der Waals surface area contributed by atoms with Crippen molar-refractivity contribution in [3.8, 4) is 17.2 Å². The van der Waals surface area contributed by atoms with Crippen molar-refractivity contribution in [2.75, 3.05) is 13.7 Å². The largest absolute Gasteiger partial charge is 0.507 e. The number of phenols is 1. The van der Waals surface area contributed by atoms with Gasteiger partial charge >= 0.3 is 0 Å². The van der Waals surface area contributed by atoms with Crippen molar-refractivity contribution in [1.29, 1.82) is 0 Å². The van der Waals surface area contributed by atoms with Gasteiger partial charge in [0, 0.05) is 12.1 Å². The summed E-state index contributed by atoms with van der Waals surface area (Å²) in [7, 11) is 1.44. The highest BCUT2D eigenvalue weighted by molar-refractivity contribution is 6.46. The third kappa shape index (κ3) is 4.77. The number of likely N-dealkylation sites (tertiary alicyclic amines) is 1. The maximum atomic E-state index is 13.1. The van der Waals surface area contributed by atoms with Crippen molar-refractivity contribution in [2.45, 2.75) is 32.9 Å². The number of hydrogen-bond acceptors (Lipinski definition) is 6. The average Bonchev–Trinajstić information content (AvgIpc) is 3.13. The Kier molecular flexibility index (Phi) is 7.29. The molecule has 1 amide bonds. The van der Waals surface area contributed by atoms with Crippen molar-refractivity contribution in [1.82, 2.24) is 4.90 Å². The normalized spacial score (nSPS) is 16.9. The molecular weight excluding hydrogens is 458 g/mol. The highest BCUT2D eigenvalue weighted by Crippen LogP contribution is 2.42. The predicted octanol–water partition coefficient (Wildman–Crippen LogP) is 5.12. The molecule has 4 rings (SSSR count). The number of Topliss-reactive ketones (excluding diaryl/α,β-unsaturated/α-hetero) is 1. The molecule has 0 aliphatic carbocycles. The van der Waals surface area contributed by atoms with E-state index in [1.807, 2.05) is 44.2 Å². The van der Waals surface area contributed by atoms with E-state index >= 15 is 0 Å². The number of ketones is 1. The van der Waals surface area contributed by atoms with Crippen LogP contribution in [0.3, 0.4) is 0 Å². The smallest absolute Gasteiger partial charge is 0.295 e. The minimum absolute atomic E-state index is 0.0182. The SMILES string of the molecule is CCCN1C(=O)C(=O)/C(=C(\O)c2ccc(OCc3ccccc3)c(C)c2)C1c1ccc(OC)c(O)c1. The van der Waals surface area contributed by atoms with Crippen molar-refractivity contribution < 1.29 is 29.3 Å². The number of phenolic OH excluding ortho intramolecular Hbond substituents is 1. The predicted molar refractivity (Wildman–Crippen MR) is 136 cm³/mol. The first-order valence-corrected chi connectivity index (χ1v) is 11.8. The molecule has 1 atom stereocenters. The number of aliphatic hydroxyl groups is 1. The van der Waals surface area contributed by atoms with E-state index in [1.54, 1.807) is 30.3 Å². The molecule has 0 saturated carbocycles. The Bertz CT molecular complexity index is 1310. The van der Waals surface area contributed by atoms with Crippen molar-refractivity contribution in [3.63, 3.8) is 0 Å². The van der Waals surface area contributed by atoms with Crippen LogP contribution >= 0.6 is 0 Å². The van der Waals surface area contributed by atoms with Crippen LogP contribution in [0.5, 0.6) is 17.2 Å². The minimum Gasteiger partial charge on any atom is -0.507 e. The monoisotopic (exact) mass is 487 g/mol. The van der Waals surface area contributed by atoms with E-state index in [-0.39, 0.29) is 22.8 Å². The van der Waals surface area contributed by atoms with Crippen LogP contribution in [0.4, 0.5) is 0 Å².